The van der Waals surface area contributed by atoms with E-state index in [1.165, 1.54) is 4.68 Å². The quantitative estimate of drug-likeness (QED) is 0.472. The van der Waals surface area contributed by atoms with E-state index in [0.717, 1.165) is 0 Å². The molecule has 14 heavy (non-hydrogen) atoms. The molecular formula is C4H10N5NaO2S2. The van der Waals surface area contributed by atoms with Crippen molar-refractivity contribution in [3.05, 3.63) is 0 Å². The van der Waals surface area contributed by atoms with E-state index in [1.54, 1.807) is 0 Å². The summed E-state index contributed by atoms with van der Waals surface area (Å²) >= 11 is 3.94. The van der Waals surface area contributed by atoms with Gasteiger partial charge in [0.1, 0.15) is 0 Å². The van der Waals surface area contributed by atoms with Gasteiger partial charge in [-0.05, 0) is 16.8 Å². The van der Waals surface area contributed by atoms with Gasteiger partial charge in [-0.15, -0.1) is 17.7 Å². The SMILES string of the molecule is NS(=O)(=O)CCCn1nnnc1S.[NaH]. The summed E-state index contributed by atoms with van der Waals surface area (Å²) < 4.78 is 22.5. The van der Waals surface area contributed by atoms with Gasteiger partial charge in [0, 0.05) is 6.54 Å². The van der Waals surface area contributed by atoms with E-state index in [9.17, 15) is 8.42 Å². The molecule has 0 atom stereocenters. The molecule has 10 heteroatoms. The average molecular weight is 247 g/mol. The molecular weight excluding hydrogens is 237 g/mol. The first-order chi connectivity index (χ1) is 5.99. The van der Waals surface area contributed by atoms with Crippen LogP contribution in [0.25, 0.3) is 0 Å². The maximum absolute atomic E-state index is 10.5. The first-order valence-corrected chi connectivity index (χ1v) is 5.61. The predicted molar refractivity (Wildman–Crippen MR) is 54.8 cm³/mol. The number of thiol groups is 1. The van der Waals surface area contributed by atoms with E-state index in [0.29, 0.717) is 18.1 Å². The van der Waals surface area contributed by atoms with E-state index in [-0.39, 0.29) is 35.3 Å². The fourth-order valence-corrected chi connectivity index (χ4v) is 1.47. The molecule has 0 aliphatic carbocycles. The standard InChI is InChI=1S/C4H9N5O2S2.Na.H/c5-13(10,11)3-1-2-9-4(12)6-7-8-9;;/h1-3H2,(H2,5,10,11)(H,6,8,12);;. The molecule has 1 heterocycles. The molecule has 0 fully saturated rings. The molecule has 0 amide bonds. The van der Waals surface area contributed by atoms with Crippen molar-refractivity contribution in [3.8, 4) is 0 Å². The Morgan fingerprint density at radius 2 is 2.14 bits per heavy atom. The van der Waals surface area contributed by atoms with Crippen LogP contribution in [0.1, 0.15) is 6.42 Å². The van der Waals surface area contributed by atoms with Crippen molar-refractivity contribution in [1.82, 2.24) is 20.2 Å². The minimum absolute atomic E-state index is 0. The van der Waals surface area contributed by atoms with Gasteiger partial charge in [-0.2, -0.15) is 0 Å². The number of nitrogens with zero attached hydrogens (tertiary/aromatic N) is 4. The first kappa shape index (κ1) is 14.3. The van der Waals surface area contributed by atoms with Crippen molar-refractivity contribution in [1.29, 1.82) is 0 Å². The molecule has 0 aromatic carbocycles. The van der Waals surface area contributed by atoms with Crippen LogP contribution in [-0.2, 0) is 16.6 Å². The Hall–Kier alpha value is 0.330. The summed E-state index contributed by atoms with van der Waals surface area (Å²) in [6.45, 7) is 0.391. The number of aryl methyl sites for hydroxylation is 1. The third-order valence-electron chi connectivity index (χ3n) is 1.31. The molecule has 0 bridgehead atoms. The number of tetrazole rings is 1. The average Bonchev–Trinajstić information content (AvgIpc) is 2.34. The molecule has 1 rings (SSSR count). The van der Waals surface area contributed by atoms with E-state index >= 15 is 0 Å². The Morgan fingerprint density at radius 3 is 2.57 bits per heavy atom. The van der Waals surface area contributed by atoms with Crippen LogP contribution in [0.5, 0.6) is 0 Å². The number of rotatable bonds is 4. The van der Waals surface area contributed by atoms with Crippen LogP contribution < -0.4 is 5.14 Å². The van der Waals surface area contributed by atoms with Crippen LogP contribution in [0.3, 0.4) is 0 Å². The fourth-order valence-electron chi connectivity index (χ4n) is 0.760. The van der Waals surface area contributed by atoms with Crippen LogP contribution >= 0.6 is 12.6 Å². The molecule has 0 radical (unpaired) electrons. The molecule has 1 aromatic heterocycles. The van der Waals surface area contributed by atoms with Gasteiger partial charge in [-0.1, -0.05) is 0 Å². The topological polar surface area (TPSA) is 104 Å². The summed E-state index contributed by atoms with van der Waals surface area (Å²) in [5.41, 5.74) is 0. The summed E-state index contributed by atoms with van der Waals surface area (Å²) in [5, 5.41) is 15.6. The number of sulfonamides is 1. The van der Waals surface area contributed by atoms with Crippen LogP contribution in [0.15, 0.2) is 5.16 Å². The molecule has 2 N–H and O–H groups in total. The molecule has 0 spiro atoms. The monoisotopic (exact) mass is 247 g/mol. The molecule has 0 aliphatic rings. The van der Waals surface area contributed by atoms with Gasteiger partial charge >= 0.3 is 29.6 Å². The third-order valence-corrected chi connectivity index (χ3v) is 2.49. The molecule has 0 aliphatic heterocycles. The van der Waals surface area contributed by atoms with Gasteiger partial charge in [0.15, 0.2) is 0 Å². The van der Waals surface area contributed by atoms with Gasteiger partial charge in [-0.3, -0.25) is 0 Å². The van der Waals surface area contributed by atoms with E-state index in [4.69, 9.17) is 5.14 Å². The maximum atomic E-state index is 10.5. The summed E-state index contributed by atoms with van der Waals surface area (Å²) in [4.78, 5) is 0. The van der Waals surface area contributed by atoms with Crippen molar-refractivity contribution in [2.45, 2.75) is 18.1 Å². The Kier molecular flexibility index (Phi) is 6.17. The van der Waals surface area contributed by atoms with Gasteiger partial charge in [0.25, 0.3) is 0 Å². The van der Waals surface area contributed by atoms with Crippen molar-refractivity contribution in [2.24, 2.45) is 5.14 Å². The summed E-state index contributed by atoms with van der Waals surface area (Å²) in [6, 6.07) is 0. The summed E-state index contributed by atoms with van der Waals surface area (Å²) in [5.74, 6) is -0.0833. The second kappa shape index (κ2) is 6.03. The fraction of sp³-hybridized carbons (Fsp3) is 0.750. The predicted octanol–water partition coefficient (Wildman–Crippen LogP) is -2.01. The van der Waals surface area contributed by atoms with Crippen LogP contribution in [0.4, 0.5) is 0 Å². The second-order valence-corrected chi connectivity index (χ2v) is 4.56. The van der Waals surface area contributed by atoms with Gasteiger partial charge < -0.3 is 0 Å². The normalized spacial score (nSPS) is 11.0. The molecule has 7 nitrogen and oxygen atoms in total. The van der Waals surface area contributed by atoms with Crippen LogP contribution in [0.2, 0.25) is 0 Å². The summed E-state index contributed by atoms with van der Waals surface area (Å²) in [7, 11) is -3.40. The van der Waals surface area contributed by atoms with Crippen LogP contribution in [0, 0.1) is 0 Å². The van der Waals surface area contributed by atoms with Gasteiger partial charge in [-0.25, -0.2) is 18.2 Å². The third kappa shape index (κ3) is 5.27. The van der Waals surface area contributed by atoms with E-state index in [2.05, 4.69) is 28.2 Å². The zero-order chi connectivity index (χ0) is 9.90. The van der Waals surface area contributed by atoms with E-state index < -0.39 is 10.0 Å². The zero-order valence-electron chi connectivity index (χ0n) is 6.66. The Morgan fingerprint density at radius 1 is 1.50 bits per heavy atom. The van der Waals surface area contributed by atoms with E-state index in [1.807, 2.05) is 0 Å². The molecule has 1 aromatic rings. The Labute approximate surface area is 109 Å². The van der Waals surface area contributed by atoms with Crippen molar-refractivity contribution < 1.29 is 8.42 Å². The first-order valence-electron chi connectivity index (χ1n) is 3.44. The van der Waals surface area contributed by atoms with Crippen molar-refractivity contribution >= 4 is 52.2 Å². The Balaban J connectivity index is 0.00000169. The van der Waals surface area contributed by atoms with Crippen LogP contribution in [-0.4, -0.2) is 63.9 Å². The number of nitrogens with two attached hydrogens (primary N) is 1. The second-order valence-electron chi connectivity index (χ2n) is 2.42. The number of primary sulfonamides is 1. The minimum atomic E-state index is -3.40. The van der Waals surface area contributed by atoms with Gasteiger partial charge in [0.2, 0.25) is 15.2 Å². The Bertz CT molecular complexity index is 377. The number of aromatic nitrogens is 4. The number of hydrogen-bond acceptors (Lipinski definition) is 6. The molecule has 76 valence electrons. The zero-order valence-corrected chi connectivity index (χ0v) is 8.37. The molecule has 0 saturated heterocycles. The van der Waals surface area contributed by atoms with Gasteiger partial charge in [0.05, 0.1) is 5.75 Å². The van der Waals surface area contributed by atoms with Crippen molar-refractivity contribution in [2.75, 3.05) is 5.75 Å². The summed E-state index contributed by atoms with van der Waals surface area (Å²) in [6.07, 6.45) is 0.372. The molecule has 0 saturated carbocycles. The molecule has 0 unspecified atom stereocenters. The van der Waals surface area contributed by atoms with Crippen molar-refractivity contribution in [3.63, 3.8) is 0 Å². The number of hydrogen-bond donors (Lipinski definition) is 2.